The van der Waals surface area contributed by atoms with Crippen molar-refractivity contribution in [3.63, 3.8) is 0 Å². The van der Waals surface area contributed by atoms with Gasteiger partial charge >= 0.3 is 0 Å². The fourth-order valence-corrected chi connectivity index (χ4v) is 4.39. The molecule has 28 heavy (non-hydrogen) atoms. The lowest BCUT2D eigenvalue weighted by Crippen LogP contribution is -2.42. The van der Waals surface area contributed by atoms with Gasteiger partial charge in [0.1, 0.15) is 5.82 Å². The predicted molar refractivity (Wildman–Crippen MR) is 107 cm³/mol. The Balaban J connectivity index is 1.45. The molecule has 1 amide bonds. The van der Waals surface area contributed by atoms with Crippen molar-refractivity contribution in [3.8, 4) is 0 Å². The quantitative estimate of drug-likeness (QED) is 0.787. The van der Waals surface area contributed by atoms with E-state index in [1.807, 2.05) is 35.2 Å². The molecule has 1 aromatic heterocycles. The normalized spacial score (nSPS) is 20.5. The summed E-state index contributed by atoms with van der Waals surface area (Å²) in [6.45, 7) is 3.20. The second-order valence-electron chi connectivity index (χ2n) is 7.89. The predicted octanol–water partition coefficient (Wildman–Crippen LogP) is 3.96. The van der Waals surface area contributed by atoms with Gasteiger partial charge in [-0.25, -0.2) is 4.39 Å². The first-order valence-corrected chi connectivity index (χ1v) is 10.4. The van der Waals surface area contributed by atoms with Crippen LogP contribution in [0.4, 0.5) is 4.39 Å². The highest BCUT2D eigenvalue weighted by Gasteiger charge is 2.30. The van der Waals surface area contributed by atoms with Crippen LogP contribution < -0.4 is 0 Å². The van der Waals surface area contributed by atoms with Crippen molar-refractivity contribution in [1.82, 2.24) is 14.8 Å². The minimum absolute atomic E-state index is 0.175. The van der Waals surface area contributed by atoms with Gasteiger partial charge in [0.05, 0.1) is 18.3 Å². The molecular weight excluding hydrogens is 353 g/mol. The molecule has 2 fully saturated rings. The molecule has 0 unspecified atom stereocenters. The Morgan fingerprint density at radius 3 is 2.64 bits per heavy atom. The average Bonchev–Trinajstić information content (AvgIpc) is 3.19. The maximum Gasteiger partial charge on any atom is 0.236 e. The van der Waals surface area contributed by atoms with Gasteiger partial charge in [0.15, 0.2) is 0 Å². The molecule has 5 heteroatoms. The molecule has 1 aromatic carbocycles. The zero-order valence-corrected chi connectivity index (χ0v) is 16.3. The first kappa shape index (κ1) is 19.1. The Hall–Kier alpha value is -2.27. The van der Waals surface area contributed by atoms with Crippen LogP contribution in [0.15, 0.2) is 42.5 Å². The Labute approximate surface area is 166 Å². The number of pyridine rings is 1. The third-order valence-corrected chi connectivity index (χ3v) is 5.91. The monoisotopic (exact) mass is 381 g/mol. The van der Waals surface area contributed by atoms with Gasteiger partial charge in [-0.2, -0.15) is 0 Å². The van der Waals surface area contributed by atoms with Crippen LogP contribution in [0, 0.1) is 5.82 Å². The molecular formula is C23H28FN3O. The number of nitrogens with zero attached hydrogens (tertiary/aromatic N) is 3. The maximum atomic E-state index is 14.0. The van der Waals surface area contributed by atoms with Gasteiger partial charge in [-0.3, -0.25) is 14.7 Å². The van der Waals surface area contributed by atoms with Crippen molar-refractivity contribution >= 4 is 5.91 Å². The van der Waals surface area contributed by atoms with E-state index < -0.39 is 0 Å². The summed E-state index contributed by atoms with van der Waals surface area (Å²) in [5.41, 5.74) is 2.53. The fraction of sp³-hybridized carbons (Fsp3) is 0.478. The highest BCUT2D eigenvalue weighted by Crippen LogP contribution is 2.31. The summed E-state index contributed by atoms with van der Waals surface area (Å²) in [5.74, 6) is 0.0541. The molecule has 4 rings (SSSR count). The first-order chi connectivity index (χ1) is 13.7. The summed E-state index contributed by atoms with van der Waals surface area (Å²) in [6.07, 6.45) is 6.05. The van der Waals surface area contributed by atoms with Gasteiger partial charge in [-0.15, -0.1) is 0 Å². The standard InChI is InChI=1S/C23H28FN3O/c24-20-10-3-2-8-18(20)16-19-9-6-11-21(25-19)22-12-7-15-27(22)17-23(28)26-13-4-1-5-14-26/h2-3,6,8-11,22H,1,4-5,7,12-17H2/t22-/m1/s1. The lowest BCUT2D eigenvalue weighted by molar-refractivity contribution is -0.133. The van der Waals surface area contributed by atoms with Crippen LogP contribution in [0.2, 0.25) is 0 Å². The van der Waals surface area contributed by atoms with Crippen molar-refractivity contribution in [2.24, 2.45) is 0 Å². The molecule has 0 N–H and O–H groups in total. The SMILES string of the molecule is O=C(CN1CCC[C@@H]1c1cccc(Cc2ccccc2F)n1)N1CCCCC1. The zero-order chi connectivity index (χ0) is 19.3. The van der Waals surface area contributed by atoms with E-state index in [1.165, 1.54) is 12.5 Å². The average molecular weight is 381 g/mol. The molecule has 1 atom stereocenters. The number of carbonyl (C=O) groups is 1. The Kier molecular flexibility index (Phi) is 6.01. The number of carbonyl (C=O) groups excluding carboxylic acids is 1. The van der Waals surface area contributed by atoms with Gasteiger partial charge < -0.3 is 4.90 Å². The number of amides is 1. The third-order valence-electron chi connectivity index (χ3n) is 5.91. The number of likely N-dealkylation sites (tertiary alicyclic amines) is 2. The highest BCUT2D eigenvalue weighted by atomic mass is 19.1. The summed E-state index contributed by atoms with van der Waals surface area (Å²) in [6, 6.07) is 13.0. The van der Waals surface area contributed by atoms with Crippen LogP contribution in [0.1, 0.15) is 55.1 Å². The number of halogens is 1. The van der Waals surface area contributed by atoms with E-state index in [0.717, 1.165) is 56.7 Å². The van der Waals surface area contributed by atoms with E-state index in [1.54, 1.807) is 6.07 Å². The van der Waals surface area contributed by atoms with E-state index >= 15 is 0 Å². The molecule has 2 saturated heterocycles. The number of aromatic nitrogens is 1. The molecule has 2 aliphatic rings. The number of piperidine rings is 1. The molecule has 4 nitrogen and oxygen atoms in total. The third kappa shape index (κ3) is 4.41. The number of hydrogen-bond acceptors (Lipinski definition) is 3. The van der Waals surface area contributed by atoms with Gasteiger partial charge in [0.25, 0.3) is 0 Å². The van der Waals surface area contributed by atoms with Crippen LogP contribution in [0.3, 0.4) is 0 Å². The number of hydrogen-bond donors (Lipinski definition) is 0. The Morgan fingerprint density at radius 1 is 1.00 bits per heavy atom. The van der Waals surface area contributed by atoms with Crippen molar-refractivity contribution < 1.29 is 9.18 Å². The molecule has 2 aliphatic heterocycles. The van der Waals surface area contributed by atoms with E-state index in [2.05, 4.69) is 4.90 Å². The summed E-state index contributed by atoms with van der Waals surface area (Å²) in [7, 11) is 0. The second-order valence-corrected chi connectivity index (χ2v) is 7.89. The highest BCUT2D eigenvalue weighted by molar-refractivity contribution is 5.78. The van der Waals surface area contributed by atoms with E-state index in [4.69, 9.17) is 4.98 Å². The molecule has 0 spiro atoms. The molecule has 0 aliphatic carbocycles. The molecule has 0 saturated carbocycles. The Morgan fingerprint density at radius 2 is 1.82 bits per heavy atom. The van der Waals surface area contributed by atoms with Gasteiger partial charge in [0.2, 0.25) is 5.91 Å². The fourth-order valence-electron chi connectivity index (χ4n) is 4.39. The smallest absolute Gasteiger partial charge is 0.236 e. The van der Waals surface area contributed by atoms with Gasteiger partial charge in [-0.1, -0.05) is 24.3 Å². The van der Waals surface area contributed by atoms with Crippen LogP contribution in [0.25, 0.3) is 0 Å². The summed E-state index contributed by atoms with van der Waals surface area (Å²) < 4.78 is 14.0. The van der Waals surface area contributed by atoms with E-state index in [-0.39, 0.29) is 17.8 Å². The lowest BCUT2D eigenvalue weighted by atomic mass is 10.1. The van der Waals surface area contributed by atoms with Crippen molar-refractivity contribution in [3.05, 3.63) is 65.2 Å². The molecule has 2 aromatic rings. The summed E-state index contributed by atoms with van der Waals surface area (Å²) >= 11 is 0. The summed E-state index contributed by atoms with van der Waals surface area (Å²) in [5, 5.41) is 0. The molecule has 0 bridgehead atoms. The summed E-state index contributed by atoms with van der Waals surface area (Å²) in [4.78, 5) is 21.8. The first-order valence-electron chi connectivity index (χ1n) is 10.4. The maximum absolute atomic E-state index is 14.0. The number of benzene rings is 1. The zero-order valence-electron chi connectivity index (χ0n) is 16.3. The number of rotatable bonds is 5. The van der Waals surface area contributed by atoms with Gasteiger partial charge in [0, 0.05) is 25.2 Å². The largest absolute Gasteiger partial charge is 0.342 e. The lowest BCUT2D eigenvalue weighted by Gasteiger charge is -2.30. The van der Waals surface area contributed by atoms with Gasteiger partial charge in [-0.05, 0) is 62.4 Å². The van der Waals surface area contributed by atoms with Crippen LogP contribution in [-0.4, -0.2) is 46.9 Å². The Bertz CT molecular complexity index is 819. The van der Waals surface area contributed by atoms with Crippen LogP contribution in [-0.2, 0) is 11.2 Å². The molecule has 0 radical (unpaired) electrons. The minimum Gasteiger partial charge on any atom is -0.342 e. The molecule has 3 heterocycles. The van der Waals surface area contributed by atoms with E-state index in [9.17, 15) is 9.18 Å². The second kappa shape index (κ2) is 8.82. The van der Waals surface area contributed by atoms with Crippen LogP contribution in [0.5, 0.6) is 0 Å². The van der Waals surface area contributed by atoms with E-state index in [0.29, 0.717) is 18.5 Å². The van der Waals surface area contributed by atoms with Crippen molar-refractivity contribution in [1.29, 1.82) is 0 Å². The minimum atomic E-state index is -0.190. The van der Waals surface area contributed by atoms with Crippen LogP contribution >= 0.6 is 0 Å². The molecule has 148 valence electrons. The van der Waals surface area contributed by atoms with Crippen molar-refractivity contribution in [2.75, 3.05) is 26.2 Å². The van der Waals surface area contributed by atoms with Crippen molar-refractivity contribution in [2.45, 2.75) is 44.6 Å². The topological polar surface area (TPSA) is 36.4 Å².